The fourth-order valence-electron chi connectivity index (χ4n) is 2.76. The number of nitrogens with one attached hydrogen (secondary N) is 2. The number of amidine groups is 1. The van der Waals surface area contributed by atoms with Crippen molar-refractivity contribution in [1.82, 2.24) is 15.5 Å². The highest BCUT2D eigenvalue weighted by Crippen LogP contribution is 2.30. The maximum atomic E-state index is 10.4. The molecule has 0 bridgehead atoms. The molecule has 118 valence electrons. The molecule has 1 fully saturated rings. The van der Waals surface area contributed by atoms with E-state index in [2.05, 4.69) is 25.9 Å². The average molecular weight is 312 g/mol. The molecule has 1 unspecified atom stereocenters. The van der Waals surface area contributed by atoms with Gasteiger partial charge in [0.25, 0.3) is 0 Å². The third-order valence-corrected chi connectivity index (χ3v) is 4.88. The van der Waals surface area contributed by atoms with Gasteiger partial charge in [-0.25, -0.2) is 0 Å². The molecule has 3 aliphatic rings. The van der Waals surface area contributed by atoms with E-state index in [1.165, 1.54) is 5.70 Å². The molecule has 0 radical (unpaired) electrons. The van der Waals surface area contributed by atoms with E-state index in [0.717, 1.165) is 44.2 Å². The van der Waals surface area contributed by atoms with E-state index in [4.69, 9.17) is 4.74 Å². The van der Waals surface area contributed by atoms with E-state index in [0.29, 0.717) is 26.3 Å². The zero-order chi connectivity index (χ0) is 14.5. The maximum absolute atomic E-state index is 10.4. The first-order chi connectivity index (χ1) is 10.3. The number of rotatable bonds is 5. The lowest BCUT2D eigenvalue weighted by Gasteiger charge is -2.27. The Labute approximate surface area is 130 Å². The predicted octanol–water partition coefficient (Wildman–Crippen LogP) is -0.0331. The fourth-order valence-corrected chi connectivity index (χ4v) is 3.75. The maximum Gasteiger partial charge on any atom is 0.167 e. The Balaban J connectivity index is 1.40. The standard InChI is InChI=1S/C14H24N4O2S/c19-14(10-16-5-7-20-11-14)9-15-4-2-12-8-21-13-17-3-1-6-18(12)13/h8,15-16,19H,1-7,9-11H2. The molecule has 6 nitrogen and oxygen atoms in total. The van der Waals surface area contributed by atoms with Gasteiger partial charge in [-0.3, -0.25) is 4.99 Å². The molecule has 3 N–H and O–H groups in total. The van der Waals surface area contributed by atoms with Gasteiger partial charge in [-0.2, -0.15) is 0 Å². The minimum atomic E-state index is -0.799. The van der Waals surface area contributed by atoms with Gasteiger partial charge in [0.15, 0.2) is 5.17 Å². The van der Waals surface area contributed by atoms with Crippen LogP contribution in [-0.2, 0) is 4.74 Å². The number of hydrogen-bond acceptors (Lipinski definition) is 7. The lowest BCUT2D eigenvalue weighted by atomic mass is 10.1. The van der Waals surface area contributed by atoms with Crippen molar-refractivity contribution in [2.75, 3.05) is 52.5 Å². The zero-order valence-electron chi connectivity index (χ0n) is 12.3. The van der Waals surface area contributed by atoms with Crippen LogP contribution in [0.5, 0.6) is 0 Å². The van der Waals surface area contributed by atoms with Crippen LogP contribution < -0.4 is 10.6 Å². The van der Waals surface area contributed by atoms with Crippen molar-refractivity contribution in [1.29, 1.82) is 0 Å². The fraction of sp³-hybridized carbons (Fsp3) is 0.786. The summed E-state index contributed by atoms with van der Waals surface area (Å²) in [5.41, 5.74) is 0.542. The van der Waals surface area contributed by atoms with Crippen molar-refractivity contribution in [3.63, 3.8) is 0 Å². The first kappa shape index (κ1) is 15.3. The van der Waals surface area contributed by atoms with Crippen LogP contribution in [-0.4, -0.2) is 73.3 Å². The average Bonchev–Trinajstić information content (AvgIpc) is 2.78. The Morgan fingerprint density at radius 3 is 3.48 bits per heavy atom. The topological polar surface area (TPSA) is 69.1 Å². The van der Waals surface area contributed by atoms with Crippen molar-refractivity contribution in [2.24, 2.45) is 4.99 Å². The molecule has 3 rings (SSSR count). The van der Waals surface area contributed by atoms with Crippen LogP contribution in [0.1, 0.15) is 12.8 Å². The number of aliphatic hydroxyl groups is 1. The van der Waals surface area contributed by atoms with Gasteiger partial charge in [0.2, 0.25) is 0 Å². The molecule has 0 aromatic heterocycles. The first-order valence-electron chi connectivity index (χ1n) is 7.66. The van der Waals surface area contributed by atoms with Crippen LogP contribution in [0.25, 0.3) is 0 Å². The number of thioether (sulfide) groups is 1. The number of ether oxygens (including phenoxy) is 1. The van der Waals surface area contributed by atoms with E-state index in [9.17, 15) is 5.11 Å². The third-order valence-electron chi connectivity index (χ3n) is 3.92. The Hall–Kier alpha value is -0.600. The molecule has 3 heterocycles. The summed E-state index contributed by atoms with van der Waals surface area (Å²) in [4.78, 5) is 6.85. The van der Waals surface area contributed by atoms with Gasteiger partial charge in [-0.05, 0) is 11.8 Å². The molecule has 7 heteroatoms. The summed E-state index contributed by atoms with van der Waals surface area (Å²) < 4.78 is 5.42. The van der Waals surface area contributed by atoms with Gasteiger partial charge in [-0.1, -0.05) is 11.8 Å². The second-order valence-electron chi connectivity index (χ2n) is 5.78. The molecule has 0 spiro atoms. The van der Waals surface area contributed by atoms with Gasteiger partial charge in [0.1, 0.15) is 5.60 Å². The van der Waals surface area contributed by atoms with Crippen LogP contribution in [0.4, 0.5) is 0 Å². The zero-order valence-corrected chi connectivity index (χ0v) is 13.1. The highest BCUT2D eigenvalue weighted by Gasteiger charge is 2.29. The molecular formula is C14H24N4O2S. The number of β-amino-alcohol motifs (C(OH)–C–C–N with tert-alkyl or cyclic N) is 1. The van der Waals surface area contributed by atoms with Crippen LogP contribution in [0.15, 0.2) is 16.1 Å². The normalized spacial score (nSPS) is 29.7. The summed E-state index contributed by atoms with van der Waals surface area (Å²) in [7, 11) is 0. The summed E-state index contributed by atoms with van der Waals surface area (Å²) in [6.07, 6.45) is 2.11. The monoisotopic (exact) mass is 312 g/mol. The molecule has 1 saturated heterocycles. The summed E-state index contributed by atoms with van der Waals surface area (Å²) >= 11 is 1.73. The molecule has 0 saturated carbocycles. The lowest BCUT2D eigenvalue weighted by molar-refractivity contribution is -0.0261. The molecule has 0 aromatic carbocycles. The minimum absolute atomic E-state index is 0.397. The Morgan fingerprint density at radius 1 is 1.57 bits per heavy atom. The molecule has 3 aliphatic heterocycles. The smallest absolute Gasteiger partial charge is 0.167 e. The van der Waals surface area contributed by atoms with Gasteiger partial charge in [0.05, 0.1) is 13.2 Å². The van der Waals surface area contributed by atoms with Gasteiger partial charge >= 0.3 is 0 Å². The van der Waals surface area contributed by atoms with Gasteiger partial charge < -0.3 is 25.4 Å². The van der Waals surface area contributed by atoms with E-state index < -0.39 is 5.60 Å². The first-order valence-corrected chi connectivity index (χ1v) is 8.54. The van der Waals surface area contributed by atoms with Crippen molar-refractivity contribution in [3.05, 3.63) is 11.1 Å². The van der Waals surface area contributed by atoms with Gasteiger partial charge in [0, 0.05) is 51.4 Å². The summed E-state index contributed by atoms with van der Waals surface area (Å²) in [6, 6.07) is 0. The molecule has 21 heavy (non-hydrogen) atoms. The molecule has 0 aliphatic carbocycles. The lowest BCUT2D eigenvalue weighted by Crippen LogP contribution is -2.50. The molecule has 0 amide bonds. The summed E-state index contributed by atoms with van der Waals surface area (Å²) in [5, 5.41) is 20.3. The van der Waals surface area contributed by atoms with Crippen molar-refractivity contribution >= 4 is 16.9 Å². The molecule has 0 aromatic rings. The Bertz CT molecular complexity index is 419. The number of hydrogen-bond donors (Lipinski definition) is 3. The summed E-state index contributed by atoms with van der Waals surface area (Å²) in [6.45, 7) is 5.92. The number of fused-ring (bicyclic) bond motifs is 1. The van der Waals surface area contributed by atoms with Crippen LogP contribution in [0, 0.1) is 0 Å². The van der Waals surface area contributed by atoms with E-state index >= 15 is 0 Å². The highest BCUT2D eigenvalue weighted by atomic mass is 32.2. The van der Waals surface area contributed by atoms with Crippen LogP contribution in [0.2, 0.25) is 0 Å². The summed E-state index contributed by atoms with van der Waals surface area (Å²) in [5.74, 6) is 0. The van der Waals surface area contributed by atoms with E-state index in [1.54, 1.807) is 11.8 Å². The largest absolute Gasteiger partial charge is 0.385 e. The SMILES string of the molecule is OC1(CNCCC2=CSC3=NCCCN23)CNCCOC1. The second kappa shape index (κ2) is 7.11. The van der Waals surface area contributed by atoms with Gasteiger partial charge in [-0.15, -0.1) is 0 Å². The van der Waals surface area contributed by atoms with Crippen molar-refractivity contribution in [2.45, 2.75) is 18.4 Å². The van der Waals surface area contributed by atoms with Crippen molar-refractivity contribution < 1.29 is 9.84 Å². The molecular weight excluding hydrogens is 288 g/mol. The van der Waals surface area contributed by atoms with Crippen molar-refractivity contribution in [3.8, 4) is 0 Å². The van der Waals surface area contributed by atoms with E-state index in [-0.39, 0.29) is 0 Å². The Morgan fingerprint density at radius 2 is 2.52 bits per heavy atom. The number of aliphatic imine (C=N–C) groups is 1. The van der Waals surface area contributed by atoms with Crippen LogP contribution >= 0.6 is 11.8 Å². The molecule has 1 atom stereocenters. The highest BCUT2D eigenvalue weighted by molar-refractivity contribution is 8.16. The second-order valence-corrected chi connectivity index (χ2v) is 6.61. The van der Waals surface area contributed by atoms with Crippen LogP contribution in [0.3, 0.4) is 0 Å². The number of nitrogens with zero attached hydrogens (tertiary/aromatic N) is 2. The quantitative estimate of drug-likeness (QED) is 0.619. The Kier molecular flexibility index (Phi) is 5.18. The predicted molar refractivity (Wildman–Crippen MR) is 85.4 cm³/mol. The third kappa shape index (κ3) is 3.98. The van der Waals surface area contributed by atoms with E-state index in [1.807, 2.05) is 0 Å². The minimum Gasteiger partial charge on any atom is -0.385 e.